The van der Waals surface area contributed by atoms with Crippen LogP contribution in [0, 0.1) is 5.82 Å². The maximum Gasteiger partial charge on any atom is 0.254 e. The predicted octanol–water partition coefficient (Wildman–Crippen LogP) is 3.04. The second-order valence-corrected chi connectivity index (χ2v) is 5.43. The fourth-order valence-electron chi connectivity index (χ4n) is 2.45. The molecule has 132 valence electrons. The molecule has 2 aromatic rings. The Morgan fingerprint density at radius 3 is 2.24 bits per heavy atom. The molecule has 0 aliphatic carbocycles. The Morgan fingerprint density at radius 1 is 1.00 bits per heavy atom. The normalized spacial score (nSPS) is 10.2. The van der Waals surface area contributed by atoms with Gasteiger partial charge in [0, 0.05) is 24.5 Å². The van der Waals surface area contributed by atoms with Crippen LogP contribution < -0.4 is 15.5 Å². The zero-order chi connectivity index (χ0) is 18.2. The van der Waals surface area contributed by atoms with Gasteiger partial charge in [0.25, 0.3) is 5.91 Å². The average Bonchev–Trinajstić information content (AvgIpc) is 2.62. The summed E-state index contributed by atoms with van der Waals surface area (Å²) in [6.45, 7) is 5.74. The number of benzene rings is 2. The molecular weight excluding hydrogens is 321 g/mol. The largest absolute Gasteiger partial charge is 0.372 e. The lowest BCUT2D eigenvalue weighted by Gasteiger charge is -2.21. The van der Waals surface area contributed by atoms with Crippen LogP contribution in [0.15, 0.2) is 48.5 Å². The molecule has 0 saturated heterocycles. The molecule has 0 heterocycles. The van der Waals surface area contributed by atoms with Crippen molar-refractivity contribution in [3.63, 3.8) is 0 Å². The van der Waals surface area contributed by atoms with Crippen LogP contribution in [0.25, 0.3) is 0 Å². The molecule has 0 atom stereocenters. The van der Waals surface area contributed by atoms with Gasteiger partial charge in [0.05, 0.1) is 12.1 Å². The maximum absolute atomic E-state index is 13.5. The van der Waals surface area contributed by atoms with E-state index < -0.39 is 11.7 Å². The van der Waals surface area contributed by atoms with E-state index in [1.165, 1.54) is 18.2 Å². The Morgan fingerprint density at radius 2 is 1.64 bits per heavy atom. The minimum absolute atomic E-state index is 0.0844. The summed E-state index contributed by atoms with van der Waals surface area (Å²) in [6, 6.07) is 13.1. The number of halogens is 1. The summed E-state index contributed by atoms with van der Waals surface area (Å²) >= 11 is 0. The van der Waals surface area contributed by atoms with Crippen molar-refractivity contribution < 1.29 is 14.0 Å². The molecule has 0 radical (unpaired) electrons. The minimum Gasteiger partial charge on any atom is -0.372 e. The van der Waals surface area contributed by atoms with E-state index in [9.17, 15) is 14.0 Å². The number of nitrogens with one attached hydrogen (secondary N) is 2. The van der Waals surface area contributed by atoms with Gasteiger partial charge in [0.2, 0.25) is 5.91 Å². The van der Waals surface area contributed by atoms with Crippen LogP contribution in [0.3, 0.4) is 0 Å². The standard InChI is InChI=1S/C19H22FN3O2/c1-3-23(4-2)15-11-9-14(10-12-15)22-18(24)13-21-19(25)16-7-5-6-8-17(16)20/h5-12H,3-4,13H2,1-2H3,(H,21,25)(H,22,24). The summed E-state index contributed by atoms with van der Waals surface area (Å²) in [6.07, 6.45) is 0. The molecule has 0 unspecified atom stereocenters. The van der Waals surface area contributed by atoms with Crippen LogP contribution in [-0.4, -0.2) is 31.4 Å². The van der Waals surface area contributed by atoms with Crippen molar-refractivity contribution in [3.05, 3.63) is 59.9 Å². The molecule has 0 aliphatic rings. The third kappa shape index (κ3) is 5.04. The predicted molar refractivity (Wildman–Crippen MR) is 97.4 cm³/mol. The monoisotopic (exact) mass is 343 g/mol. The summed E-state index contributed by atoms with van der Waals surface area (Å²) in [4.78, 5) is 26.0. The highest BCUT2D eigenvalue weighted by Crippen LogP contribution is 2.17. The lowest BCUT2D eigenvalue weighted by atomic mass is 10.2. The third-order valence-electron chi connectivity index (χ3n) is 3.81. The highest BCUT2D eigenvalue weighted by molar-refractivity contribution is 5.99. The van der Waals surface area contributed by atoms with E-state index in [1.54, 1.807) is 6.07 Å². The first-order chi connectivity index (χ1) is 12.0. The van der Waals surface area contributed by atoms with E-state index in [4.69, 9.17) is 0 Å². The number of amides is 2. The Bertz CT molecular complexity index is 728. The lowest BCUT2D eigenvalue weighted by Crippen LogP contribution is -2.33. The zero-order valence-electron chi connectivity index (χ0n) is 14.4. The van der Waals surface area contributed by atoms with Gasteiger partial charge in [-0.15, -0.1) is 0 Å². The van der Waals surface area contributed by atoms with Gasteiger partial charge >= 0.3 is 0 Å². The molecule has 6 heteroatoms. The molecule has 2 amide bonds. The van der Waals surface area contributed by atoms with Crippen LogP contribution in [0.1, 0.15) is 24.2 Å². The van der Waals surface area contributed by atoms with Crippen molar-refractivity contribution in [3.8, 4) is 0 Å². The number of hydrogen-bond donors (Lipinski definition) is 2. The van der Waals surface area contributed by atoms with Gasteiger partial charge < -0.3 is 15.5 Å². The van der Waals surface area contributed by atoms with Gasteiger partial charge in [0.15, 0.2) is 0 Å². The first-order valence-electron chi connectivity index (χ1n) is 8.22. The SMILES string of the molecule is CCN(CC)c1ccc(NC(=O)CNC(=O)c2ccccc2F)cc1. The van der Waals surface area contributed by atoms with Crippen molar-refractivity contribution in [1.29, 1.82) is 0 Å². The smallest absolute Gasteiger partial charge is 0.254 e. The van der Waals surface area contributed by atoms with Gasteiger partial charge in [-0.25, -0.2) is 4.39 Å². The maximum atomic E-state index is 13.5. The summed E-state index contributed by atoms with van der Waals surface area (Å²) in [5.41, 5.74) is 1.63. The average molecular weight is 343 g/mol. The number of carbonyl (C=O) groups is 2. The number of hydrogen-bond acceptors (Lipinski definition) is 3. The number of anilines is 2. The molecule has 0 fully saturated rings. The van der Waals surface area contributed by atoms with Crippen molar-refractivity contribution in [2.24, 2.45) is 0 Å². The van der Waals surface area contributed by atoms with E-state index in [1.807, 2.05) is 24.3 Å². The Balaban J connectivity index is 1.88. The van der Waals surface area contributed by atoms with E-state index >= 15 is 0 Å². The van der Waals surface area contributed by atoms with Crippen molar-refractivity contribution >= 4 is 23.2 Å². The second-order valence-electron chi connectivity index (χ2n) is 5.43. The molecule has 0 aromatic heterocycles. The van der Waals surface area contributed by atoms with E-state index in [-0.39, 0.29) is 18.0 Å². The molecule has 0 aliphatic heterocycles. The Labute approximate surface area is 146 Å². The van der Waals surface area contributed by atoms with Crippen LogP contribution in [-0.2, 0) is 4.79 Å². The molecule has 0 spiro atoms. The van der Waals surface area contributed by atoms with E-state index in [0.29, 0.717) is 5.69 Å². The minimum atomic E-state index is -0.620. The summed E-state index contributed by atoms with van der Waals surface area (Å²) < 4.78 is 13.5. The number of carbonyl (C=O) groups excluding carboxylic acids is 2. The lowest BCUT2D eigenvalue weighted by molar-refractivity contribution is -0.115. The summed E-state index contributed by atoms with van der Waals surface area (Å²) in [7, 11) is 0. The van der Waals surface area contributed by atoms with Crippen molar-refractivity contribution in [2.75, 3.05) is 29.9 Å². The molecular formula is C19H22FN3O2. The van der Waals surface area contributed by atoms with E-state index in [2.05, 4.69) is 29.4 Å². The molecule has 0 bridgehead atoms. The second kappa shape index (κ2) is 8.82. The van der Waals surface area contributed by atoms with Gasteiger partial charge in [-0.05, 0) is 50.2 Å². The molecule has 2 rings (SSSR count). The Hall–Kier alpha value is -2.89. The topological polar surface area (TPSA) is 61.4 Å². The van der Waals surface area contributed by atoms with Gasteiger partial charge in [0.1, 0.15) is 5.82 Å². The van der Waals surface area contributed by atoms with Crippen LogP contribution in [0.2, 0.25) is 0 Å². The Kier molecular flexibility index (Phi) is 6.51. The van der Waals surface area contributed by atoms with Crippen LogP contribution >= 0.6 is 0 Å². The number of nitrogens with zero attached hydrogens (tertiary/aromatic N) is 1. The molecule has 25 heavy (non-hydrogen) atoms. The van der Waals surface area contributed by atoms with Gasteiger partial charge in [-0.3, -0.25) is 9.59 Å². The van der Waals surface area contributed by atoms with E-state index in [0.717, 1.165) is 18.8 Å². The first-order valence-corrected chi connectivity index (χ1v) is 8.22. The van der Waals surface area contributed by atoms with Crippen LogP contribution in [0.4, 0.5) is 15.8 Å². The third-order valence-corrected chi connectivity index (χ3v) is 3.81. The first kappa shape index (κ1) is 18.4. The van der Waals surface area contributed by atoms with Gasteiger partial charge in [-0.1, -0.05) is 12.1 Å². The zero-order valence-corrected chi connectivity index (χ0v) is 14.4. The molecule has 0 saturated carbocycles. The van der Waals surface area contributed by atoms with Crippen molar-refractivity contribution in [1.82, 2.24) is 5.32 Å². The number of rotatable bonds is 7. The summed E-state index contributed by atoms with van der Waals surface area (Å²) in [5.74, 6) is -1.61. The highest BCUT2D eigenvalue weighted by Gasteiger charge is 2.12. The highest BCUT2D eigenvalue weighted by atomic mass is 19.1. The summed E-state index contributed by atoms with van der Waals surface area (Å²) in [5, 5.41) is 5.11. The van der Waals surface area contributed by atoms with Crippen molar-refractivity contribution in [2.45, 2.75) is 13.8 Å². The van der Waals surface area contributed by atoms with Crippen LogP contribution in [0.5, 0.6) is 0 Å². The fourth-order valence-corrected chi connectivity index (χ4v) is 2.45. The molecule has 5 nitrogen and oxygen atoms in total. The molecule has 2 N–H and O–H groups in total. The molecule has 2 aromatic carbocycles. The van der Waals surface area contributed by atoms with Gasteiger partial charge in [-0.2, -0.15) is 0 Å². The fraction of sp³-hybridized carbons (Fsp3) is 0.263. The quantitative estimate of drug-likeness (QED) is 0.812.